The van der Waals surface area contributed by atoms with Gasteiger partial charge in [-0.15, -0.1) is 0 Å². The number of imide groups is 4. The van der Waals surface area contributed by atoms with Crippen LogP contribution in [0.5, 0.6) is 0 Å². The summed E-state index contributed by atoms with van der Waals surface area (Å²) in [7, 11) is 0. The lowest BCUT2D eigenvalue weighted by molar-refractivity contribution is -0.150. The van der Waals surface area contributed by atoms with Crippen LogP contribution < -0.4 is 0 Å². The third-order valence-electron chi connectivity index (χ3n) is 12.0. The Labute approximate surface area is 325 Å². The highest BCUT2D eigenvalue weighted by molar-refractivity contribution is 6.36. The van der Waals surface area contributed by atoms with Crippen LogP contribution in [0.2, 0.25) is 10.0 Å². The van der Waals surface area contributed by atoms with Crippen LogP contribution in [-0.2, 0) is 19.2 Å². The first-order valence-corrected chi connectivity index (χ1v) is 20.6. The van der Waals surface area contributed by atoms with E-state index in [0.29, 0.717) is 51.4 Å². The molecule has 7 rings (SSSR count). The molecular weight excluding hydrogens is 735 g/mol. The Balaban J connectivity index is 1.13. The van der Waals surface area contributed by atoms with Crippen molar-refractivity contribution in [3.63, 3.8) is 0 Å². The molecule has 0 unspecified atom stereocenters. The molecule has 290 valence electrons. The standard InChI is InChI=1S/C38H48Cl2N8O6/c39-27-22-30(42-44-32-35(51)47(25-17-9-3-10-18-25)38(54)48(36(32)52)26-19-11-4-12-20-26)28(40)21-29(27)41-43-31-33(49)45(23-13-5-1-6-14-23)37(53)46(34(31)50)24-15-7-2-8-16-24/h21-26,31-32H,1-20H2. The number of hydrogen-bond acceptors (Lipinski definition) is 10. The van der Waals surface area contributed by atoms with E-state index in [1.807, 2.05) is 0 Å². The lowest BCUT2D eigenvalue weighted by Crippen LogP contribution is -2.66. The summed E-state index contributed by atoms with van der Waals surface area (Å²) >= 11 is 13.2. The molecule has 4 aliphatic carbocycles. The van der Waals surface area contributed by atoms with Gasteiger partial charge in [-0.3, -0.25) is 38.8 Å². The normalized spacial score (nSPS) is 24.7. The Bertz CT molecular complexity index is 1510. The molecule has 2 saturated heterocycles. The van der Waals surface area contributed by atoms with Crippen molar-refractivity contribution in [3.05, 3.63) is 22.2 Å². The van der Waals surface area contributed by atoms with Gasteiger partial charge in [0.05, 0.1) is 10.0 Å². The van der Waals surface area contributed by atoms with Gasteiger partial charge in [-0.1, -0.05) is 100 Å². The third-order valence-corrected chi connectivity index (χ3v) is 12.7. The maximum absolute atomic E-state index is 13.8. The number of barbiturate groups is 2. The van der Waals surface area contributed by atoms with Crippen molar-refractivity contribution < 1.29 is 28.8 Å². The quantitative estimate of drug-likeness (QED) is 0.189. The first-order chi connectivity index (χ1) is 26.2. The van der Waals surface area contributed by atoms with Crippen LogP contribution in [0.3, 0.4) is 0 Å². The number of carbonyl (C=O) groups excluding carboxylic acids is 6. The third kappa shape index (κ3) is 7.69. The minimum Gasteiger partial charge on any atom is -0.271 e. The SMILES string of the molecule is O=C1C(N=Nc2cc(Cl)c(N=NC3C(=O)N(C4CCCCC4)C(=O)N(C4CCCCC4)C3=O)cc2Cl)C(=O)N(C2CCCCC2)C(=O)N1C1CCCCC1. The molecule has 2 heterocycles. The molecule has 1 aromatic rings. The van der Waals surface area contributed by atoms with E-state index in [0.717, 1.165) is 77.0 Å². The lowest BCUT2D eigenvalue weighted by atomic mass is 9.91. The molecule has 0 atom stereocenters. The summed E-state index contributed by atoms with van der Waals surface area (Å²) in [5, 5.41) is 16.8. The number of rotatable bonds is 8. The molecule has 0 radical (unpaired) electrons. The molecule has 2 aliphatic heterocycles. The van der Waals surface area contributed by atoms with Crippen molar-refractivity contribution in [2.75, 3.05) is 0 Å². The predicted octanol–water partition coefficient (Wildman–Crippen LogP) is 8.81. The summed E-state index contributed by atoms with van der Waals surface area (Å²) in [5.41, 5.74) is 0.0998. The topological polar surface area (TPSA) is 165 Å². The van der Waals surface area contributed by atoms with Crippen molar-refractivity contribution in [1.82, 2.24) is 19.6 Å². The second-order valence-corrected chi connectivity index (χ2v) is 16.4. The molecule has 0 N–H and O–H groups in total. The Morgan fingerprint density at radius 3 is 0.889 bits per heavy atom. The lowest BCUT2D eigenvalue weighted by Gasteiger charge is -2.44. The van der Waals surface area contributed by atoms with E-state index >= 15 is 0 Å². The molecule has 54 heavy (non-hydrogen) atoms. The summed E-state index contributed by atoms with van der Waals surface area (Å²) in [5.74, 6) is -2.76. The Kier molecular flexibility index (Phi) is 12.1. The zero-order valence-corrected chi connectivity index (χ0v) is 32.1. The molecule has 6 aliphatic rings. The summed E-state index contributed by atoms with van der Waals surface area (Å²) in [6.45, 7) is 0. The van der Waals surface area contributed by atoms with Gasteiger partial charge in [0.25, 0.3) is 23.6 Å². The number of halogens is 2. The van der Waals surface area contributed by atoms with Gasteiger partial charge in [0.2, 0.25) is 12.1 Å². The van der Waals surface area contributed by atoms with Crippen LogP contribution in [0.25, 0.3) is 0 Å². The number of urea groups is 2. The highest BCUT2D eigenvalue weighted by Crippen LogP contribution is 2.39. The molecule has 1 aromatic carbocycles. The molecule has 8 amide bonds. The number of nitrogens with zero attached hydrogens (tertiary/aromatic N) is 8. The van der Waals surface area contributed by atoms with Gasteiger partial charge in [-0.25, -0.2) is 9.59 Å². The minimum atomic E-state index is -1.55. The van der Waals surface area contributed by atoms with Crippen molar-refractivity contribution in [1.29, 1.82) is 0 Å². The number of benzene rings is 1. The second-order valence-electron chi connectivity index (χ2n) is 15.6. The van der Waals surface area contributed by atoms with E-state index < -0.39 is 47.8 Å². The van der Waals surface area contributed by atoms with E-state index in [1.54, 1.807) is 0 Å². The van der Waals surface area contributed by atoms with Gasteiger partial charge < -0.3 is 0 Å². The van der Waals surface area contributed by atoms with Gasteiger partial charge in [0, 0.05) is 24.2 Å². The van der Waals surface area contributed by atoms with Gasteiger partial charge in [0.15, 0.2) is 0 Å². The Hall–Kier alpha value is -3.78. The summed E-state index contributed by atoms with van der Waals surface area (Å²) in [6.07, 6.45) is 16.7. The average Bonchev–Trinajstić information content (AvgIpc) is 3.18. The average molecular weight is 784 g/mol. The fraction of sp³-hybridized carbons (Fsp3) is 0.684. The maximum Gasteiger partial charge on any atom is 0.334 e. The molecule has 14 nitrogen and oxygen atoms in total. The number of hydrogen-bond donors (Lipinski definition) is 0. The maximum atomic E-state index is 13.8. The molecule has 0 aromatic heterocycles. The van der Waals surface area contributed by atoms with Gasteiger partial charge >= 0.3 is 12.1 Å². The van der Waals surface area contributed by atoms with Crippen molar-refractivity contribution in [2.24, 2.45) is 20.5 Å². The first kappa shape index (κ1) is 38.5. The van der Waals surface area contributed by atoms with E-state index in [2.05, 4.69) is 20.5 Å². The minimum absolute atomic E-state index is 0.0151. The van der Waals surface area contributed by atoms with Gasteiger partial charge in [-0.05, 0) is 63.5 Å². The molecule has 6 fully saturated rings. The van der Waals surface area contributed by atoms with E-state index in [1.165, 1.54) is 31.7 Å². The van der Waals surface area contributed by atoms with Crippen LogP contribution in [0.1, 0.15) is 128 Å². The Morgan fingerprint density at radius 1 is 0.407 bits per heavy atom. The zero-order valence-electron chi connectivity index (χ0n) is 30.5. The van der Waals surface area contributed by atoms with Gasteiger partial charge in [-0.2, -0.15) is 20.5 Å². The van der Waals surface area contributed by atoms with E-state index in [4.69, 9.17) is 23.2 Å². The van der Waals surface area contributed by atoms with Crippen LogP contribution >= 0.6 is 23.2 Å². The predicted molar refractivity (Wildman–Crippen MR) is 199 cm³/mol. The van der Waals surface area contributed by atoms with Crippen molar-refractivity contribution >= 4 is 70.3 Å². The highest BCUT2D eigenvalue weighted by atomic mass is 35.5. The second kappa shape index (κ2) is 16.9. The van der Waals surface area contributed by atoms with Gasteiger partial charge in [0.1, 0.15) is 11.4 Å². The molecular formula is C38H48Cl2N8O6. The van der Waals surface area contributed by atoms with Crippen molar-refractivity contribution in [3.8, 4) is 0 Å². The molecule has 16 heteroatoms. The zero-order chi connectivity index (χ0) is 37.9. The first-order valence-electron chi connectivity index (χ1n) is 19.9. The number of amides is 8. The highest BCUT2D eigenvalue weighted by Gasteiger charge is 2.52. The van der Waals surface area contributed by atoms with Crippen LogP contribution in [0, 0.1) is 0 Å². The van der Waals surface area contributed by atoms with Crippen LogP contribution in [0.4, 0.5) is 21.0 Å². The number of carbonyl (C=O) groups is 6. The van der Waals surface area contributed by atoms with E-state index in [-0.39, 0.29) is 45.6 Å². The largest absolute Gasteiger partial charge is 0.334 e. The molecule has 0 spiro atoms. The molecule has 4 saturated carbocycles. The smallest absolute Gasteiger partial charge is 0.271 e. The van der Waals surface area contributed by atoms with Crippen molar-refractivity contribution in [2.45, 2.75) is 165 Å². The van der Waals surface area contributed by atoms with Crippen LogP contribution in [-0.4, -0.2) is 91.5 Å². The van der Waals surface area contributed by atoms with E-state index in [9.17, 15) is 28.8 Å². The number of azo groups is 2. The fourth-order valence-electron chi connectivity index (χ4n) is 9.17. The Morgan fingerprint density at radius 2 is 0.648 bits per heavy atom. The monoisotopic (exact) mass is 782 g/mol. The summed E-state index contributed by atoms with van der Waals surface area (Å²) in [4.78, 5) is 87.6. The summed E-state index contributed by atoms with van der Waals surface area (Å²) in [6, 6.07) is -2.74. The van der Waals surface area contributed by atoms with Crippen LogP contribution in [0.15, 0.2) is 32.6 Å². The summed E-state index contributed by atoms with van der Waals surface area (Å²) < 4.78 is 0. The molecule has 0 bridgehead atoms. The fourth-order valence-corrected chi connectivity index (χ4v) is 9.56.